The van der Waals surface area contributed by atoms with Crippen molar-refractivity contribution in [1.82, 2.24) is 0 Å². The number of unbranched alkanes of at least 4 members (excludes halogenated alkanes) is 5. The van der Waals surface area contributed by atoms with Crippen LogP contribution < -0.4 is 4.74 Å². The zero-order valence-electron chi connectivity index (χ0n) is 15.4. The molecule has 1 fully saturated rings. The molecule has 1 aliphatic heterocycles. The van der Waals surface area contributed by atoms with E-state index in [0.717, 1.165) is 43.6 Å². The fourth-order valence-corrected chi connectivity index (χ4v) is 3.37. The largest absolute Gasteiger partial charge is 0.494 e. The maximum Gasteiger partial charge on any atom is 0.305 e. The van der Waals surface area contributed by atoms with Crippen molar-refractivity contribution in [3.63, 3.8) is 0 Å². The highest BCUT2D eigenvalue weighted by atomic mass is 16.5. The zero-order valence-corrected chi connectivity index (χ0v) is 15.4. The first-order chi connectivity index (χ1) is 12.2. The number of aliphatic carboxylic acids is 1. The van der Waals surface area contributed by atoms with Gasteiger partial charge in [-0.15, -0.1) is 0 Å². The molecule has 0 unspecified atom stereocenters. The summed E-state index contributed by atoms with van der Waals surface area (Å²) in [6, 6.07) is 8.07. The van der Waals surface area contributed by atoms with Crippen molar-refractivity contribution in [2.75, 3.05) is 6.61 Å². The molecule has 25 heavy (non-hydrogen) atoms. The molecule has 0 bridgehead atoms. The SMILES string of the molecule is CCCCCCCCOc1cccc([C@H]2CCC[C@@H](CC(=O)O)O2)c1. The van der Waals surface area contributed by atoms with E-state index in [1.54, 1.807) is 0 Å². The van der Waals surface area contributed by atoms with Crippen molar-refractivity contribution >= 4 is 5.97 Å². The van der Waals surface area contributed by atoms with Crippen LogP contribution in [0, 0.1) is 0 Å². The lowest BCUT2D eigenvalue weighted by atomic mass is 9.97. The Hall–Kier alpha value is -1.55. The smallest absolute Gasteiger partial charge is 0.305 e. The minimum absolute atomic E-state index is 0.0179. The molecule has 0 aromatic heterocycles. The standard InChI is InChI=1S/C21H32O4/c1-2-3-4-5-6-7-14-24-18-11-8-10-17(15-18)20-13-9-12-19(25-20)16-21(22)23/h8,10-11,15,19-20H,2-7,9,12-14,16H2,1H3,(H,22,23)/t19-,20+/m0/s1. The van der Waals surface area contributed by atoms with Crippen molar-refractivity contribution in [1.29, 1.82) is 0 Å². The maximum atomic E-state index is 10.9. The molecule has 2 rings (SSSR count). The summed E-state index contributed by atoms with van der Waals surface area (Å²) < 4.78 is 11.9. The number of carboxylic acid groups (broad SMARTS) is 1. The van der Waals surface area contributed by atoms with Crippen molar-refractivity contribution in [3.05, 3.63) is 29.8 Å². The van der Waals surface area contributed by atoms with Crippen molar-refractivity contribution in [2.45, 2.75) is 83.3 Å². The first-order valence-electron chi connectivity index (χ1n) is 9.79. The molecule has 0 amide bonds. The maximum absolute atomic E-state index is 10.9. The van der Waals surface area contributed by atoms with Gasteiger partial charge in [0.25, 0.3) is 0 Å². The Balaban J connectivity index is 1.77. The summed E-state index contributed by atoms with van der Waals surface area (Å²) >= 11 is 0. The highest BCUT2D eigenvalue weighted by Crippen LogP contribution is 2.33. The number of hydrogen-bond acceptors (Lipinski definition) is 3. The lowest BCUT2D eigenvalue weighted by Gasteiger charge is -2.29. The van der Waals surface area contributed by atoms with E-state index in [1.165, 1.54) is 32.1 Å². The second-order valence-corrected chi connectivity index (χ2v) is 6.96. The predicted octanol–water partition coefficient (Wildman–Crippen LogP) is 5.51. The molecule has 140 valence electrons. The van der Waals surface area contributed by atoms with Crippen LogP contribution >= 0.6 is 0 Å². The average Bonchev–Trinajstić information content (AvgIpc) is 2.61. The lowest BCUT2D eigenvalue weighted by Crippen LogP contribution is -2.24. The molecule has 0 spiro atoms. The molecule has 4 heteroatoms. The molecule has 0 aliphatic carbocycles. The van der Waals surface area contributed by atoms with E-state index in [1.807, 2.05) is 24.3 Å². The van der Waals surface area contributed by atoms with Crippen LogP contribution in [0.3, 0.4) is 0 Å². The Kier molecular flexibility index (Phi) is 8.81. The van der Waals surface area contributed by atoms with Gasteiger partial charge in [0, 0.05) is 0 Å². The van der Waals surface area contributed by atoms with Crippen LogP contribution in [0.25, 0.3) is 0 Å². The van der Waals surface area contributed by atoms with Gasteiger partial charge in [-0.25, -0.2) is 0 Å². The van der Waals surface area contributed by atoms with E-state index in [2.05, 4.69) is 6.92 Å². The monoisotopic (exact) mass is 348 g/mol. The van der Waals surface area contributed by atoms with Crippen LogP contribution in [-0.4, -0.2) is 23.8 Å². The molecule has 1 aromatic carbocycles. The first kappa shape index (κ1) is 19.8. The number of ether oxygens (including phenoxy) is 2. The summed E-state index contributed by atoms with van der Waals surface area (Å²) in [4.78, 5) is 10.9. The average molecular weight is 348 g/mol. The third-order valence-corrected chi connectivity index (χ3v) is 4.75. The van der Waals surface area contributed by atoms with Gasteiger partial charge in [0.05, 0.1) is 25.2 Å². The summed E-state index contributed by atoms with van der Waals surface area (Å²) in [6.07, 6.45) is 10.2. The van der Waals surface area contributed by atoms with Gasteiger partial charge in [-0.2, -0.15) is 0 Å². The number of hydrogen-bond donors (Lipinski definition) is 1. The minimum Gasteiger partial charge on any atom is -0.494 e. The van der Waals surface area contributed by atoms with Gasteiger partial charge in [0.2, 0.25) is 0 Å². The molecule has 4 nitrogen and oxygen atoms in total. The second kappa shape index (κ2) is 11.1. The molecule has 0 saturated carbocycles. The molecule has 1 aliphatic rings. The van der Waals surface area contributed by atoms with E-state index in [4.69, 9.17) is 14.6 Å². The van der Waals surface area contributed by atoms with E-state index in [0.29, 0.717) is 0 Å². The number of rotatable bonds is 11. The molecular weight excluding hydrogens is 316 g/mol. The Morgan fingerprint density at radius 1 is 1.20 bits per heavy atom. The first-order valence-corrected chi connectivity index (χ1v) is 9.79. The third kappa shape index (κ3) is 7.47. The van der Waals surface area contributed by atoms with E-state index in [9.17, 15) is 4.79 Å². The molecule has 1 saturated heterocycles. The summed E-state index contributed by atoms with van der Waals surface area (Å²) in [5, 5.41) is 8.96. The minimum atomic E-state index is -0.790. The molecule has 0 radical (unpaired) electrons. The quantitative estimate of drug-likeness (QED) is 0.536. The number of carbonyl (C=O) groups is 1. The Morgan fingerprint density at radius 2 is 2.00 bits per heavy atom. The Bertz CT molecular complexity index is 514. The highest BCUT2D eigenvalue weighted by Gasteiger charge is 2.25. The Labute approximate surface area is 151 Å². The third-order valence-electron chi connectivity index (χ3n) is 4.75. The van der Waals surface area contributed by atoms with Crippen molar-refractivity contribution in [2.24, 2.45) is 0 Å². The van der Waals surface area contributed by atoms with Gasteiger partial charge in [-0.1, -0.05) is 51.2 Å². The van der Waals surface area contributed by atoms with Crippen LogP contribution in [0.4, 0.5) is 0 Å². The van der Waals surface area contributed by atoms with E-state index >= 15 is 0 Å². The molecule has 2 atom stereocenters. The number of carboxylic acids is 1. The van der Waals surface area contributed by atoms with Gasteiger partial charge in [0.1, 0.15) is 5.75 Å². The number of benzene rings is 1. The summed E-state index contributed by atoms with van der Waals surface area (Å²) in [5.41, 5.74) is 1.09. The van der Waals surface area contributed by atoms with Crippen LogP contribution in [-0.2, 0) is 9.53 Å². The van der Waals surface area contributed by atoms with Crippen molar-refractivity contribution in [3.8, 4) is 5.75 Å². The van der Waals surface area contributed by atoms with E-state index in [-0.39, 0.29) is 18.6 Å². The summed E-state index contributed by atoms with van der Waals surface area (Å²) in [7, 11) is 0. The summed E-state index contributed by atoms with van der Waals surface area (Å²) in [6.45, 7) is 2.98. The zero-order chi connectivity index (χ0) is 17.9. The van der Waals surface area contributed by atoms with Gasteiger partial charge >= 0.3 is 5.97 Å². The van der Waals surface area contributed by atoms with Crippen LogP contribution in [0.2, 0.25) is 0 Å². The molecule has 1 N–H and O–H groups in total. The van der Waals surface area contributed by atoms with Gasteiger partial charge in [0.15, 0.2) is 0 Å². The van der Waals surface area contributed by atoms with Crippen molar-refractivity contribution < 1.29 is 19.4 Å². The lowest BCUT2D eigenvalue weighted by molar-refractivity contribution is -0.143. The van der Waals surface area contributed by atoms with Crippen LogP contribution in [0.1, 0.15) is 82.8 Å². The molecular formula is C21H32O4. The molecule has 1 heterocycles. The second-order valence-electron chi connectivity index (χ2n) is 6.96. The Morgan fingerprint density at radius 3 is 2.80 bits per heavy atom. The fourth-order valence-electron chi connectivity index (χ4n) is 3.37. The summed E-state index contributed by atoms with van der Waals surface area (Å²) in [5.74, 6) is 0.0942. The topological polar surface area (TPSA) is 55.8 Å². The normalized spacial score (nSPS) is 20.4. The fraction of sp³-hybridized carbons (Fsp3) is 0.667. The molecule has 1 aromatic rings. The van der Waals surface area contributed by atoms with Gasteiger partial charge in [-0.3, -0.25) is 4.79 Å². The highest BCUT2D eigenvalue weighted by molar-refractivity contribution is 5.67. The predicted molar refractivity (Wildman–Crippen MR) is 99.0 cm³/mol. The van der Waals surface area contributed by atoms with Crippen LogP contribution in [0.5, 0.6) is 5.75 Å². The van der Waals surface area contributed by atoms with E-state index < -0.39 is 5.97 Å². The van der Waals surface area contributed by atoms with Crippen LogP contribution in [0.15, 0.2) is 24.3 Å². The van der Waals surface area contributed by atoms with Gasteiger partial charge in [-0.05, 0) is 43.4 Å². The van der Waals surface area contributed by atoms with Gasteiger partial charge < -0.3 is 14.6 Å².